The number of carbonyl (C=O) groups is 1. The standard InChI is InChI=1S/C27H29FN6O2S/c28-20-13-19(33-27(35)32-18-2-3-18)4-6-23(20)36-24-7-8-30-22-14-25(37-26(22)24)21-5-1-17(15-31-21)16-34-11-9-29-10-12-34/h1,4-8,13-14,17-18,29H,2-3,9-12,15-16H2,(H2,32,33,35). The molecule has 1 unspecified atom stereocenters. The van der Waals surface area contributed by atoms with Crippen molar-refractivity contribution in [1.29, 1.82) is 0 Å². The predicted molar refractivity (Wildman–Crippen MR) is 145 cm³/mol. The first kappa shape index (κ1) is 24.0. The van der Waals surface area contributed by atoms with Crippen LogP contribution in [0.3, 0.4) is 0 Å². The monoisotopic (exact) mass is 520 g/mol. The molecule has 1 aliphatic carbocycles. The first-order chi connectivity index (χ1) is 18.1. The average Bonchev–Trinajstić information content (AvgIpc) is 3.60. The summed E-state index contributed by atoms with van der Waals surface area (Å²) in [6.07, 6.45) is 7.99. The first-order valence-electron chi connectivity index (χ1n) is 12.7. The second-order valence-corrected chi connectivity index (χ2v) is 10.7. The van der Waals surface area contributed by atoms with Gasteiger partial charge in [0.2, 0.25) is 0 Å². The Balaban J connectivity index is 1.14. The molecule has 2 fully saturated rings. The maximum absolute atomic E-state index is 14.8. The molecule has 1 saturated heterocycles. The van der Waals surface area contributed by atoms with E-state index in [1.165, 1.54) is 23.5 Å². The molecular weight excluding hydrogens is 491 g/mol. The lowest BCUT2D eigenvalue weighted by Crippen LogP contribution is -2.45. The Morgan fingerprint density at radius 3 is 2.81 bits per heavy atom. The zero-order valence-electron chi connectivity index (χ0n) is 20.4. The SMILES string of the molecule is O=C(Nc1ccc(Oc2ccnc3cc(C4=NCC(CN5CCNCC5)C=C4)sc23)c(F)c1)NC1CC1. The van der Waals surface area contributed by atoms with Crippen molar-refractivity contribution in [3.05, 3.63) is 59.4 Å². The number of carbonyl (C=O) groups excluding carboxylic acids is 1. The molecule has 3 N–H and O–H groups in total. The van der Waals surface area contributed by atoms with E-state index in [9.17, 15) is 9.18 Å². The number of pyridine rings is 1. The number of anilines is 1. The van der Waals surface area contributed by atoms with Crippen LogP contribution in [0.1, 0.15) is 17.7 Å². The summed E-state index contributed by atoms with van der Waals surface area (Å²) < 4.78 is 21.6. The minimum absolute atomic E-state index is 0.0845. The number of ether oxygens (including phenoxy) is 1. The Morgan fingerprint density at radius 2 is 2.05 bits per heavy atom. The third-order valence-corrected chi connectivity index (χ3v) is 7.84. The molecule has 37 heavy (non-hydrogen) atoms. The van der Waals surface area contributed by atoms with Crippen molar-refractivity contribution in [3.8, 4) is 11.5 Å². The quantitative estimate of drug-likeness (QED) is 0.430. The maximum atomic E-state index is 14.8. The van der Waals surface area contributed by atoms with Gasteiger partial charge in [-0.05, 0) is 37.1 Å². The molecule has 2 aliphatic heterocycles. The van der Waals surface area contributed by atoms with Crippen LogP contribution < -0.4 is 20.7 Å². The molecule has 3 aliphatic rings. The topological polar surface area (TPSA) is 90.9 Å². The molecule has 8 nitrogen and oxygen atoms in total. The molecule has 0 bridgehead atoms. The third-order valence-electron chi connectivity index (χ3n) is 6.68. The number of piperazine rings is 1. The van der Waals surface area contributed by atoms with E-state index in [0.29, 0.717) is 17.4 Å². The van der Waals surface area contributed by atoms with Gasteiger partial charge in [-0.1, -0.05) is 6.08 Å². The van der Waals surface area contributed by atoms with Crippen LogP contribution >= 0.6 is 11.3 Å². The Bertz CT molecular complexity index is 1360. The number of fused-ring (bicyclic) bond motifs is 1. The van der Waals surface area contributed by atoms with Crippen LogP contribution in [0.25, 0.3) is 10.2 Å². The highest BCUT2D eigenvalue weighted by atomic mass is 32.1. The van der Waals surface area contributed by atoms with Gasteiger partial charge < -0.3 is 25.6 Å². The van der Waals surface area contributed by atoms with Crippen molar-refractivity contribution in [3.63, 3.8) is 0 Å². The van der Waals surface area contributed by atoms with E-state index >= 15 is 0 Å². The number of aromatic nitrogens is 1. The van der Waals surface area contributed by atoms with Gasteiger partial charge in [-0.15, -0.1) is 11.3 Å². The van der Waals surface area contributed by atoms with Crippen molar-refractivity contribution < 1.29 is 13.9 Å². The highest BCUT2D eigenvalue weighted by molar-refractivity contribution is 7.21. The molecule has 10 heteroatoms. The summed E-state index contributed by atoms with van der Waals surface area (Å²) in [5.74, 6) is 0.486. The normalized spacial score (nSPS) is 20.0. The summed E-state index contributed by atoms with van der Waals surface area (Å²) in [5, 5.41) is 8.87. The van der Waals surface area contributed by atoms with Crippen molar-refractivity contribution in [2.75, 3.05) is 44.6 Å². The number of nitrogens with zero attached hydrogens (tertiary/aromatic N) is 3. The van der Waals surface area contributed by atoms with E-state index < -0.39 is 5.82 Å². The number of benzene rings is 1. The summed E-state index contributed by atoms with van der Waals surface area (Å²) in [4.78, 5) is 24.8. The predicted octanol–water partition coefficient (Wildman–Crippen LogP) is 4.39. The molecule has 1 atom stereocenters. The molecule has 1 saturated carbocycles. The van der Waals surface area contributed by atoms with E-state index in [-0.39, 0.29) is 17.8 Å². The Kier molecular flexibility index (Phi) is 6.86. The van der Waals surface area contributed by atoms with Gasteiger partial charge >= 0.3 is 6.03 Å². The number of urea groups is 1. The van der Waals surface area contributed by atoms with Crippen LogP contribution in [-0.4, -0.2) is 66.9 Å². The smallest absolute Gasteiger partial charge is 0.319 e. The van der Waals surface area contributed by atoms with Crippen LogP contribution in [0, 0.1) is 11.7 Å². The van der Waals surface area contributed by atoms with Crippen LogP contribution in [0.5, 0.6) is 11.5 Å². The van der Waals surface area contributed by atoms with Gasteiger partial charge in [-0.3, -0.25) is 9.98 Å². The fraction of sp³-hybridized carbons (Fsp3) is 0.370. The van der Waals surface area contributed by atoms with E-state index in [1.54, 1.807) is 18.3 Å². The highest BCUT2D eigenvalue weighted by Crippen LogP contribution is 2.37. The van der Waals surface area contributed by atoms with Gasteiger partial charge in [0, 0.05) is 75.2 Å². The van der Waals surface area contributed by atoms with Crippen LogP contribution in [-0.2, 0) is 0 Å². The lowest BCUT2D eigenvalue weighted by molar-refractivity contribution is 0.221. The Labute approximate surface area is 218 Å². The summed E-state index contributed by atoms with van der Waals surface area (Å²) in [6.45, 7) is 6.07. The van der Waals surface area contributed by atoms with Gasteiger partial charge in [0.25, 0.3) is 0 Å². The van der Waals surface area contributed by atoms with Gasteiger partial charge in [-0.25, -0.2) is 9.18 Å². The lowest BCUT2D eigenvalue weighted by atomic mass is 10.0. The second-order valence-electron chi connectivity index (χ2n) is 9.65. The van der Waals surface area contributed by atoms with Crippen molar-refractivity contribution >= 4 is 39.0 Å². The minimum atomic E-state index is -0.555. The van der Waals surface area contributed by atoms with Gasteiger partial charge in [0.1, 0.15) is 5.75 Å². The Hall–Kier alpha value is -3.34. The number of hydrogen-bond acceptors (Lipinski definition) is 7. The highest BCUT2D eigenvalue weighted by Gasteiger charge is 2.23. The van der Waals surface area contributed by atoms with E-state index in [1.807, 2.05) is 6.07 Å². The molecule has 6 rings (SSSR count). The molecular formula is C27H29FN6O2S. The fourth-order valence-corrected chi connectivity index (χ4v) is 5.60. The number of halogens is 1. The molecule has 2 aromatic heterocycles. The minimum Gasteiger partial charge on any atom is -0.453 e. The number of nitrogens with one attached hydrogen (secondary N) is 3. The van der Waals surface area contributed by atoms with Crippen molar-refractivity contribution in [2.24, 2.45) is 10.9 Å². The number of hydrogen-bond donors (Lipinski definition) is 3. The van der Waals surface area contributed by atoms with Crippen LogP contribution in [0.15, 0.2) is 53.7 Å². The molecule has 1 aromatic carbocycles. The van der Waals surface area contributed by atoms with Crippen LogP contribution in [0.2, 0.25) is 0 Å². The lowest BCUT2D eigenvalue weighted by Gasteiger charge is -2.30. The van der Waals surface area contributed by atoms with Crippen molar-refractivity contribution in [2.45, 2.75) is 18.9 Å². The summed E-state index contributed by atoms with van der Waals surface area (Å²) >= 11 is 1.54. The fourth-order valence-electron chi connectivity index (χ4n) is 4.54. The molecule has 3 aromatic rings. The molecule has 0 spiro atoms. The zero-order valence-corrected chi connectivity index (χ0v) is 21.2. The van der Waals surface area contributed by atoms with Crippen LogP contribution in [0.4, 0.5) is 14.9 Å². The largest absolute Gasteiger partial charge is 0.453 e. The average molecular weight is 521 g/mol. The maximum Gasteiger partial charge on any atom is 0.319 e. The zero-order chi connectivity index (χ0) is 25.2. The number of thiophene rings is 1. The van der Waals surface area contributed by atoms with Gasteiger partial charge in [0.15, 0.2) is 11.6 Å². The van der Waals surface area contributed by atoms with Gasteiger partial charge in [-0.2, -0.15) is 0 Å². The number of allylic oxidation sites excluding steroid dienone is 1. The summed E-state index contributed by atoms with van der Waals surface area (Å²) in [7, 11) is 0. The molecule has 4 heterocycles. The second kappa shape index (κ2) is 10.6. The van der Waals surface area contributed by atoms with Crippen molar-refractivity contribution in [1.82, 2.24) is 20.5 Å². The van der Waals surface area contributed by atoms with E-state index in [2.05, 4.69) is 38.0 Å². The number of dihydropyridines is 1. The Morgan fingerprint density at radius 1 is 1.19 bits per heavy atom. The van der Waals surface area contributed by atoms with E-state index in [4.69, 9.17) is 9.73 Å². The molecule has 192 valence electrons. The first-order valence-corrected chi connectivity index (χ1v) is 13.5. The van der Waals surface area contributed by atoms with Gasteiger partial charge in [0.05, 0.1) is 20.8 Å². The molecule has 2 amide bonds. The number of aliphatic imine (C=N–C) groups is 1. The third kappa shape index (κ3) is 5.82. The number of rotatable bonds is 7. The molecule has 0 radical (unpaired) electrons. The van der Waals surface area contributed by atoms with E-state index in [0.717, 1.165) is 72.9 Å². The number of amides is 2. The summed E-state index contributed by atoms with van der Waals surface area (Å²) in [6, 6.07) is 8.06. The summed E-state index contributed by atoms with van der Waals surface area (Å²) in [5.41, 5.74) is 2.10.